The number of benzene rings is 1. The average molecular weight is 420 g/mol. The maximum Gasteiger partial charge on any atom is 0.274 e. The zero-order valence-electron chi connectivity index (χ0n) is 17.6. The number of hydrogen-bond donors (Lipinski definition) is 0. The van der Waals surface area contributed by atoms with Crippen molar-refractivity contribution in [2.24, 2.45) is 7.05 Å². The van der Waals surface area contributed by atoms with Gasteiger partial charge in [-0.3, -0.25) is 9.78 Å². The van der Waals surface area contributed by atoms with Gasteiger partial charge >= 0.3 is 0 Å². The van der Waals surface area contributed by atoms with Crippen molar-refractivity contribution < 1.29 is 4.79 Å². The minimum absolute atomic E-state index is 0.139. The molecule has 0 N–H and O–H groups in total. The van der Waals surface area contributed by atoms with Crippen molar-refractivity contribution in [3.8, 4) is 11.3 Å². The highest BCUT2D eigenvalue weighted by molar-refractivity contribution is 8.02. The van der Waals surface area contributed by atoms with Crippen LogP contribution in [-0.4, -0.2) is 39.4 Å². The Hall–Kier alpha value is -3.32. The summed E-state index contributed by atoms with van der Waals surface area (Å²) >= 11 is 1.42. The van der Waals surface area contributed by atoms with Gasteiger partial charge in [-0.25, -0.2) is 4.98 Å². The molecule has 0 saturated carbocycles. The number of imidazole rings is 1. The van der Waals surface area contributed by atoms with E-state index in [0.717, 1.165) is 22.1 Å². The molecule has 0 saturated heterocycles. The fourth-order valence-corrected chi connectivity index (χ4v) is 3.76. The first-order valence-electron chi connectivity index (χ1n) is 9.46. The van der Waals surface area contributed by atoms with Gasteiger partial charge in [-0.1, -0.05) is 43.0 Å². The predicted octanol–water partition coefficient (Wildman–Crippen LogP) is 4.54. The van der Waals surface area contributed by atoms with Gasteiger partial charge < -0.3 is 14.4 Å². The van der Waals surface area contributed by atoms with Crippen molar-refractivity contribution >= 4 is 23.4 Å². The van der Waals surface area contributed by atoms with Gasteiger partial charge in [-0.05, 0) is 36.4 Å². The van der Waals surface area contributed by atoms with Crippen LogP contribution in [0.5, 0.6) is 0 Å². The molecule has 2 aromatic heterocycles. The lowest BCUT2D eigenvalue weighted by molar-refractivity contribution is -0.116. The van der Waals surface area contributed by atoms with Gasteiger partial charge in [0.05, 0.1) is 28.8 Å². The third-order valence-electron chi connectivity index (χ3n) is 4.79. The van der Waals surface area contributed by atoms with Gasteiger partial charge in [0.1, 0.15) is 5.70 Å². The molecule has 6 nitrogen and oxygen atoms in total. The highest BCUT2D eigenvalue weighted by Crippen LogP contribution is 2.31. The lowest BCUT2D eigenvalue weighted by Gasteiger charge is -2.26. The number of carbonyl (C=O) groups is 1. The van der Waals surface area contributed by atoms with Crippen molar-refractivity contribution in [1.29, 1.82) is 0 Å². The second-order valence-corrected chi connectivity index (χ2v) is 7.70. The molecule has 0 radical (unpaired) electrons. The first kappa shape index (κ1) is 21.4. The van der Waals surface area contributed by atoms with E-state index in [1.807, 2.05) is 56.0 Å². The number of amides is 1. The first-order chi connectivity index (χ1) is 14.4. The standard InChI is InChI=1S/C23H25N5OS/c1-6-20(22(29)27(4)19-13-10-14-24-15-19)26(3)17(2)30-23-25-16-21(28(23)5)18-11-8-7-9-12-18/h6-16H,2H2,1,3-5H3/b20-6-. The van der Waals surface area contributed by atoms with Crippen LogP contribution in [0, 0.1) is 0 Å². The lowest BCUT2D eigenvalue weighted by atomic mass is 10.2. The fourth-order valence-electron chi connectivity index (χ4n) is 2.97. The largest absolute Gasteiger partial charge is 0.335 e. The molecule has 0 bridgehead atoms. The Morgan fingerprint density at radius 3 is 2.50 bits per heavy atom. The smallest absolute Gasteiger partial charge is 0.274 e. The summed E-state index contributed by atoms with van der Waals surface area (Å²) in [5.74, 6) is -0.139. The summed E-state index contributed by atoms with van der Waals surface area (Å²) in [5.41, 5.74) is 3.37. The lowest BCUT2D eigenvalue weighted by Crippen LogP contribution is -2.34. The Bertz CT molecular complexity index is 1060. The number of nitrogens with zero attached hydrogens (tertiary/aromatic N) is 5. The summed E-state index contributed by atoms with van der Waals surface area (Å²) in [5, 5.41) is 1.50. The highest BCUT2D eigenvalue weighted by atomic mass is 32.2. The number of carbonyl (C=O) groups excluding carboxylic acids is 1. The van der Waals surface area contributed by atoms with Crippen LogP contribution in [0.25, 0.3) is 11.3 Å². The molecule has 7 heteroatoms. The molecule has 0 fully saturated rings. The Labute approximate surface area is 181 Å². The molecule has 1 aromatic carbocycles. The Kier molecular flexibility index (Phi) is 6.74. The van der Waals surface area contributed by atoms with E-state index in [1.165, 1.54) is 11.8 Å². The van der Waals surface area contributed by atoms with Crippen LogP contribution in [0.2, 0.25) is 0 Å². The average Bonchev–Trinajstić information content (AvgIpc) is 3.14. The molecule has 0 spiro atoms. The molecule has 154 valence electrons. The summed E-state index contributed by atoms with van der Waals surface area (Å²) in [7, 11) is 5.54. The van der Waals surface area contributed by atoms with Crippen LogP contribution < -0.4 is 4.90 Å². The van der Waals surface area contributed by atoms with Crippen LogP contribution in [-0.2, 0) is 11.8 Å². The van der Waals surface area contributed by atoms with E-state index < -0.39 is 0 Å². The number of rotatable bonds is 7. The number of thioether (sulfide) groups is 1. The van der Waals surface area contributed by atoms with Crippen molar-refractivity contribution in [2.75, 3.05) is 19.0 Å². The number of pyridine rings is 1. The molecule has 0 aliphatic heterocycles. The Morgan fingerprint density at radius 2 is 1.87 bits per heavy atom. The molecule has 0 aliphatic carbocycles. The number of anilines is 1. The van der Waals surface area contributed by atoms with Gasteiger partial charge in [0.2, 0.25) is 0 Å². The fraction of sp³-hybridized carbons (Fsp3) is 0.174. The van der Waals surface area contributed by atoms with E-state index in [2.05, 4.69) is 28.7 Å². The summed E-state index contributed by atoms with van der Waals surface area (Å²) < 4.78 is 2.03. The number of aromatic nitrogens is 3. The Morgan fingerprint density at radius 1 is 1.13 bits per heavy atom. The van der Waals surface area contributed by atoms with E-state index in [1.54, 1.807) is 41.4 Å². The molecule has 30 heavy (non-hydrogen) atoms. The van der Waals surface area contributed by atoms with Crippen molar-refractivity contribution in [2.45, 2.75) is 12.1 Å². The van der Waals surface area contributed by atoms with Gasteiger partial charge in [-0.2, -0.15) is 0 Å². The van der Waals surface area contributed by atoms with Crippen molar-refractivity contribution in [3.63, 3.8) is 0 Å². The molecule has 0 atom stereocenters. The molecular formula is C23H25N5OS. The van der Waals surface area contributed by atoms with Crippen LogP contribution >= 0.6 is 11.8 Å². The maximum atomic E-state index is 13.0. The van der Waals surface area contributed by atoms with Crippen LogP contribution in [0.3, 0.4) is 0 Å². The summed E-state index contributed by atoms with van der Waals surface area (Å²) in [6.07, 6.45) is 6.98. The maximum absolute atomic E-state index is 13.0. The van der Waals surface area contributed by atoms with E-state index in [0.29, 0.717) is 10.7 Å². The van der Waals surface area contributed by atoms with Crippen molar-refractivity contribution in [3.05, 3.63) is 84.4 Å². The van der Waals surface area contributed by atoms with E-state index >= 15 is 0 Å². The van der Waals surface area contributed by atoms with Crippen LogP contribution in [0.1, 0.15) is 6.92 Å². The van der Waals surface area contributed by atoms with Gasteiger partial charge in [0, 0.05) is 27.3 Å². The van der Waals surface area contributed by atoms with Gasteiger partial charge in [-0.15, -0.1) is 0 Å². The van der Waals surface area contributed by atoms with E-state index in [-0.39, 0.29) is 5.91 Å². The third-order valence-corrected chi connectivity index (χ3v) is 5.86. The quantitative estimate of drug-likeness (QED) is 0.416. The normalized spacial score (nSPS) is 11.3. The molecule has 3 rings (SSSR count). The van der Waals surface area contributed by atoms with Crippen LogP contribution in [0.15, 0.2) is 89.6 Å². The third kappa shape index (κ3) is 4.46. The second kappa shape index (κ2) is 9.45. The number of likely N-dealkylation sites (N-methyl/N-ethyl adjacent to an activating group) is 2. The molecule has 0 unspecified atom stereocenters. The molecule has 2 heterocycles. The first-order valence-corrected chi connectivity index (χ1v) is 10.3. The minimum atomic E-state index is -0.139. The molecular weight excluding hydrogens is 394 g/mol. The minimum Gasteiger partial charge on any atom is -0.335 e. The topological polar surface area (TPSA) is 54.3 Å². The highest BCUT2D eigenvalue weighted by Gasteiger charge is 2.22. The zero-order valence-corrected chi connectivity index (χ0v) is 18.4. The van der Waals surface area contributed by atoms with Crippen LogP contribution in [0.4, 0.5) is 5.69 Å². The Balaban J connectivity index is 1.75. The summed E-state index contributed by atoms with van der Waals surface area (Å²) in [6, 6.07) is 13.8. The summed E-state index contributed by atoms with van der Waals surface area (Å²) in [6.45, 7) is 6.01. The van der Waals surface area contributed by atoms with Gasteiger partial charge in [0.25, 0.3) is 5.91 Å². The number of hydrogen-bond acceptors (Lipinski definition) is 5. The molecule has 1 amide bonds. The predicted molar refractivity (Wildman–Crippen MR) is 123 cm³/mol. The van der Waals surface area contributed by atoms with E-state index in [9.17, 15) is 4.79 Å². The molecule has 3 aromatic rings. The van der Waals surface area contributed by atoms with Gasteiger partial charge in [0.15, 0.2) is 5.16 Å². The number of allylic oxidation sites excluding steroid dienone is 1. The monoisotopic (exact) mass is 419 g/mol. The molecule has 0 aliphatic rings. The summed E-state index contributed by atoms with van der Waals surface area (Å²) in [4.78, 5) is 25.0. The van der Waals surface area contributed by atoms with Crippen molar-refractivity contribution in [1.82, 2.24) is 19.4 Å². The van der Waals surface area contributed by atoms with E-state index in [4.69, 9.17) is 0 Å². The zero-order chi connectivity index (χ0) is 21.7. The second-order valence-electron chi connectivity index (χ2n) is 6.66. The SMILES string of the molecule is C=C(Sc1ncc(-c2ccccc2)n1C)N(C)/C(=C\C)C(=O)N(C)c1cccnc1.